The van der Waals surface area contributed by atoms with E-state index in [1.165, 1.54) is 12.1 Å². The first kappa shape index (κ1) is 9.71. The van der Waals surface area contributed by atoms with Gasteiger partial charge in [-0.05, 0) is 36.6 Å². The number of aldehydes is 1. The Hall–Kier alpha value is -1.38. The summed E-state index contributed by atoms with van der Waals surface area (Å²) < 4.78 is 13.3. The van der Waals surface area contributed by atoms with Crippen LogP contribution in [0.4, 0.5) is 4.39 Å². The molecule has 0 aliphatic rings. The van der Waals surface area contributed by atoms with Gasteiger partial charge < -0.3 is 9.90 Å². The Morgan fingerprint density at radius 1 is 1.54 bits per heavy atom. The van der Waals surface area contributed by atoms with Crippen LogP contribution in [0.2, 0.25) is 0 Å². The highest BCUT2D eigenvalue weighted by Gasteiger charge is 2.06. The van der Waals surface area contributed by atoms with Crippen molar-refractivity contribution in [3.63, 3.8) is 0 Å². The maximum Gasteiger partial charge on any atom is 0.129 e. The Bertz CT molecular complexity index is 321. The standard InChI is InChI=1S/C10H11FO2/c1-7-5-9(13)6-8(10(7)11)3-2-4-12/h4-6,13H,2-3H2,1H3. The van der Waals surface area contributed by atoms with Gasteiger partial charge in [0.1, 0.15) is 17.9 Å². The third-order valence-corrected chi connectivity index (χ3v) is 1.85. The topological polar surface area (TPSA) is 37.3 Å². The molecule has 0 aliphatic carbocycles. The van der Waals surface area contributed by atoms with Crippen molar-refractivity contribution in [1.29, 1.82) is 0 Å². The fourth-order valence-corrected chi connectivity index (χ4v) is 1.22. The van der Waals surface area contributed by atoms with Gasteiger partial charge in [-0.15, -0.1) is 0 Å². The maximum absolute atomic E-state index is 13.3. The summed E-state index contributed by atoms with van der Waals surface area (Å²) in [6.07, 6.45) is 1.35. The summed E-state index contributed by atoms with van der Waals surface area (Å²) in [5, 5.41) is 9.16. The summed E-state index contributed by atoms with van der Waals surface area (Å²) in [7, 11) is 0. The van der Waals surface area contributed by atoms with E-state index in [2.05, 4.69) is 0 Å². The molecule has 0 saturated heterocycles. The molecule has 0 heterocycles. The second kappa shape index (κ2) is 4.03. The molecular weight excluding hydrogens is 171 g/mol. The molecule has 13 heavy (non-hydrogen) atoms. The highest BCUT2D eigenvalue weighted by molar-refractivity contribution is 5.50. The zero-order valence-corrected chi connectivity index (χ0v) is 7.38. The lowest BCUT2D eigenvalue weighted by Crippen LogP contribution is -1.94. The van der Waals surface area contributed by atoms with Crippen LogP contribution in [-0.2, 0) is 11.2 Å². The molecule has 0 amide bonds. The Kier molecular flexibility index (Phi) is 3.01. The molecule has 3 heteroatoms. The van der Waals surface area contributed by atoms with Crippen molar-refractivity contribution in [3.05, 3.63) is 29.1 Å². The van der Waals surface area contributed by atoms with E-state index < -0.39 is 0 Å². The van der Waals surface area contributed by atoms with E-state index in [1.54, 1.807) is 6.92 Å². The van der Waals surface area contributed by atoms with Gasteiger partial charge in [-0.1, -0.05) is 0 Å². The summed E-state index contributed by atoms with van der Waals surface area (Å²) in [5.41, 5.74) is 0.797. The summed E-state index contributed by atoms with van der Waals surface area (Å²) in [6, 6.07) is 2.71. The Labute approximate surface area is 76.0 Å². The van der Waals surface area contributed by atoms with Crippen molar-refractivity contribution in [3.8, 4) is 5.75 Å². The first-order valence-electron chi connectivity index (χ1n) is 4.06. The third-order valence-electron chi connectivity index (χ3n) is 1.85. The van der Waals surface area contributed by atoms with Crippen molar-refractivity contribution >= 4 is 6.29 Å². The van der Waals surface area contributed by atoms with Crippen molar-refractivity contribution in [2.24, 2.45) is 0 Å². The number of carbonyl (C=O) groups excluding carboxylic acids is 1. The summed E-state index contributed by atoms with van der Waals surface area (Å²) in [4.78, 5) is 10.1. The van der Waals surface area contributed by atoms with E-state index in [4.69, 9.17) is 5.11 Å². The monoisotopic (exact) mass is 182 g/mol. The SMILES string of the molecule is Cc1cc(O)cc(CCC=O)c1F. The fourth-order valence-electron chi connectivity index (χ4n) is 1.22. The molecule has 0 spiro atoms. The number of aromatic hydroxyl groups is 1. The summed E-state index contributed by atoms with van der Waals surface area (Å²) in [6.45, 7) is 1.58. The molecule has 1 aromatic rings. The highest BCUT2D eigenvalue weighted by atomic mass is 19.1. The number of benzene rings is 1. The number of halogens is 1. The highest BCUT2D eigenvalue weighted by Crippen LogP contribution is 2.20. The lowest BCUT2D eigenvalue weighted by molar-refractivity contribution is -0.107. The van der Waals surface area contributed by atoms with E-state index >= 15 is 0 Å². The number of carbonyl (C=O) groups is 1. The zero-order chi connectivity index (χ0) is 9.84. The van der Waals surface area contributed by atoms with Crippen LogP contribution in [-0.4, -0.2) is 11.4 Å². The third kappa shape index (κ3) is 2.28. The smallest absolute Gasteiger partial charge is 0.129 e. The van der Waals surface area contributed by atoms with Crippen molar-refractivity contribution in [1.82, 2.24) is 0 Å². The fraction of sp³-hybridized carbons (Fsp3) is 0.300. The van der Waals surface area contributed by atoms with Gasteiger partial charge in [0, 0.05) is 6.42 Å². The van der Waals surface area contributed by atoms with Gasteiger partial charge in [0.15, 0.2) is 0 Å². The number of phenols is 1. The minimum Gasteiger partial charge on any atom is -0.508 e. The molecule has 0 bridgehead atoms. The number of aryl methyl sites for hydroxylation is 2. The van der Waals surface area contributed by atoms with Gasteiger partial charge in [-0.2, -0.15) is 0 Å². The van der Waals surface area contributed by atoms with E-state index in [0.717, 1.165) is 6.29 Å². The van der Waals surface area contributed by atoms with Crippen LogP contribution in [0.15, 0.2) is 12.1 Å². The molecule has 1 N–H and O–H groups in total. The normalized spacial score (nSPS) is 10.0. The number of phenolic OH excluding ortho intramolecular Hbond substituents is 1. The lowest BCUT2D eigenvalue weighted by atomic mass is 10.1. The summed E-state index contributed by atoms with van der Waals surface area (Å²) in [5.74, 6) is -0.292. The zero-order valence-electron chi connectivity index (χ0n) is 7.38. The molecule has 0 aliphatic heterocycles. The second-order valence-electron chi connectivity index (χ2n) is 2.94. The van der Waals surface area contributed by atoms with Gasteiger partial charge in [-0.25, -0.2) is 4.39 Å². The minimum absolute atomic E-state index is 0.0415. The van der Waals surface area contributed by atoms with E-state index in [0.29, 0.717) is 17.5 Å². The van der Waals surface area contributed by atoms with Gasteiger partial charge in [0.25, 0.3) is 0 Å². The Morgan fingerprint density at radius 3 is 2.85 bits per heavy atom. The van der Waals surface area contributed by atoms with Crippen LogP contribution in [0.1, 0.15) is 17.5 Å². The van der Waals surface area contributed by atoms with Gasteiger partial charge in [0.05, 0.1) is 0 Å². The van der Waals surface area contributed by atoms with Crippen molar-refractivity contribution in [2.75, 3.05) is 0 Å². The molecule has 0 saturated carbocycles. The molecule has 0 unspecified atom stereocenters. The van der Waals surface area contributed by atoms with Gasteiger partial charge in [0.2, 0.25) is 0 Å². The quantitative estimate of drug-likeness (QED) is 0.725. The van der Waals surface area contributed by atoms with E-state index in [9.17, 15) is 9.18 Å². The van der Waals surface area contributed by atoms with Crippen LogP contribution in [0, 0.1) is 12.7 Å². The Balaban J connectivity index is 2.98. The maximum atomic E-state index is 13.3. The molecule has 1 rings (SSSR count). The predicted molar refractivity (Wildman–Crippen MR) is 47.2 cm³/mol. The van der Waals surface area contributed by atoms with Crippen molar-refractivity contribution < 1.29 is 14.3 Å². The molecule has 0 atom stereocenters. The molecule has 0 radical (unpaired) electrons. The van der Waals surface area contributed by atoms with E-state index in [-0.39, 0.29) is 18.0 Å². The summed E-state index contributed by atoms with van der Waals surface area (Å²) >= 11 is 0. The van der Waals surface area contributed by atoms with Gasteiger partial charge in [-0.3, -0.25) is 0 Å². The lowest BCUT2D eigenvalue weighted by Gasteiger charge is -2.04. The Morgan fingerprint density at radius 2 is 2.23 bits per heavy atom. The largest absolute Gasteiger partial charge is 0.508 e. The van der Waals surface area contributed by atoms with Crippen LogP contribution >= 0.6 is 0 Å². The van der Waals surface area contributed by atoms with Crippen LogP contribution in [0.3, 0.4) is 0 Å². The number of hydrogen-bond acceptors (Lipinski definition) is 2. The number of rotatable bonds is 3. The second-order valence-corrected chi connectivity index (χ2v) is 2.94. The molecule has 2 nitrogen and oxygen atoms in total. The van der Waals surface area contributed by atoms with Crippen molar-refractivity contribution in [2.45, 2.75) is 19.8 Å². The molecule has 0 aromatic heterocycles. The molecule has 1 aromatic carbocycles. The molecule has 70 valence electrons. The average Bonchev–Trinajstić information content (AvgIpc) is 2.09. The number of hydrogen-bond donors (Lipinski definition) is 1. The first-order valence-corrected chi connectivity index (χ1v) is 4.06. The predicted octanol–water partition coefficient (Wildman–Crippen LogP) is 1.97. The molecular formula is C10H11FO2. The molecule has 0 fully saturated rings. The van der Waals surface area contributed by atoms with Crippen LogP contribution in [0.5, 0.6) is 5.75 Å². The average molecular weight is 182 g/mol. The minimum atomic E-state index is -0.334. The van der Waals surface area contributed by atoms with Crippen LogP contribution < -0.4 is 0 Å². The first-order chi connectivity index (χ1) is 6.15. The van der Waals surface area contributed by atoms with Gasteiger partial charge >= 0.3 is 0 Å². The van der Waals surface area contributed by atoms with E-state index in [1.807, 2.05) is 0 Å². The van der Waals surface area contributed by atoms with Crippen LogP contribution in [0.25, 0.3) is 0 Å².